The van der Waals surface area contributed by atoms with E-state index >= 15 is 0 Å². The largest absolute Gasteiger partial charge is 0.493 e. The predicted octanol–water partition coefficient (Wildman–Crippen LogP) is 4.62. The van der Waals surface area contributed by atoms with E-state index in [2.05, 4.69) is 40.2 Å². The lowest BCUT2D eigenvalue weighted by Gasteiger charge is -2.14. The van der Waals surface area contributed by atoms with Crippen LogP contribution in [0.15, 0.2) is 66.7 Å². The van der Waals surface area contributed by atoms with E-state index in [1.165, 1.54) is 26.9 Å². The van der Waals surface area contributed by atoms with Crippen molar-refractivity contribution in [1.29, 1.82) is 0 Å². The fraction of sp³-hybridized carbons (Fsp3) is 0.259. The van der Waals surface area contributed by atoms with Crippen molar-refractivity contribution in [3.63, 3.8) is 0 Å². The maximum atomic E-state index is 13.0. The standard InChI is InChI=1S/C27H29N3O4/c1-32-23-16-20(17-24(33-2)26(23)34-3)27(31)28-18-25-29-21-13-7-8-14-22(21)30(25)15-9-12-19-10-5-4-6-11-19/h4-8,10-11,13-14,16-17H,9,12,15,18H2,1-3H3,(H,28,31). The molecule has 1 amide bonds. The first kappa shape index (κ1) is 23.2. The summed E-state index contributed by atoms with van der Waals surface area (Å²) in [5.74, 6) is 1.87. The molecular weight excluding hydrogens is 430 g/mol. The number of carbonyl (C=O) groups excluding carboxylic acids is 1. The second-order valence-corrected chi connectivity index (χ2v) is 7.85. The van der Waals surface area contributed by atoms with Crippen LogP contribution in [0.5, 0.6) is 17.2 Å². The molecule has 0 aliphatic heterocycles. The molecule has 34 heavy (non-hydrogen) atoms. The van der Waals surface area contributed by atoms with Gasteiger partial charge in [-0.25, -0.2) is 4.98 Å². The number of aromatic nitrogens is 2. The number of carbonyl (C=O) groups is 1. The summed E-state index contributed by atoms with van der Waals surface area (Å²) in [4.78, 5) is 17.8. The molecule has 0 unspecified atom stereocenters. The number of aryl methyl sites for hydroxylation is 2. The third-order valence-electron chi connectivity index (χ3n) is 5.76. The van der Waals surface area contributed by atoms with Crippen molar-refractivity contribution in [3.8, 4) is 17.2 Å². The van der Waals surface area contributed by atoms with Gasteiger partial charge in [0.2, 0.25) is 5.75 Å². The van der Waals surface area contributed by atoms with Gasteiger partial charge in [0, 0.05) is 12.1 Å². The molecular formula is C27H29N3O4. The lowest BCUT2D eigenvalue weighted by atomic mass is 10.1. The molecule has 0 aliphatic rings. The minimum absolute atomic E-state index is 0.248. The van der Waals surface area contributed by atoms with E-state index in [1.807, 2.05) is 24.3 Å². The van der Waals surface area contributed by atoms with E-state index in [-0.39, 0.29) is 5.91 Å². The third kappa shape index (κ3) is 4.98. The van der Waals surface area contributed by atoms with Crippen molar-refractivity contribution in [2.45, 2.75) is 25.9 Å². The Morgan fingerprint density at radius 2 is 1.59 bits per heavy atom. The molecule has 0 atom stereocenters. The molecule has 0 fully saturated rings. The highest BCUT2D eigenvalue weighted by Crippen LogP contribution is 2.38. The Kier molecular flexibility index (Phi) is 7.32. The second kappa shape index (κ2) is 10.7. The molecule has 0 bridgehead atoms. The minimum atomic E-state index is -0.248. The van der Waals surface area contributed by atoms with E-state index < -0.39 is 0 Å². The van der Waals surface area contributed by atoms with Crippen LogP contribution in [0.1, 0.15) is 28.2 Å². The van der Waals surface area contributed by atoms with Gasteiger partial charge < -0.3 is 24.1 Å². The summed E-state index contributed by atoms with van der Waals surface area (Å²) in [7, 11) is 4.58. The number of hydrogen-bond donors (Lipinski definition) is 1. The van der Waals surface area contributed by atoms with Crippen LogP contribution >= 0.6 is 0 Å². The second-order valence-electron chi connectivity index (χ2n) is 7.85. The van der Waals surface area contributed by atoms with E-state index in [1.54, 1.807) is 12.1 Å². The Balaban J connectivity index is 1.52. The van der Waals surface area contributed by atoms with E-state index in [9.17, 15) is 4.79 Å². The number of fused-ring (bicyclic) bond motifs is 1. The molecule has 1 N–H and O–H groups in total. The molecule has 7 nitrogen and oxygen atoms in total. The Morgan fingerprint density at radius 1 is 0.912 bits per heavy atom. The summed E-state index contributed by atoms with van der Waals surface area (Å²) in [5, 5.41) is 2.99. The first-order valence-corrected chi connectivity index (χ1v) is 11.2. The van der Waals surface area contributed by atoms with Crippen molar-refractivity contribution >= 4 is 16.9 Å². The fourth-order valence-corrected chi connectivity index (χ4v) is 4.07. The van der Waals surface area contributed by atoms with Gasteiger partial charge in [-0.3, -0.25) is 4.79 Å². The normalized spacial score (nSPS) is 10.8. The first-order valence-electron chi connectivity index (χ1n) is 11.2. The number of nitrogens with one attached hydrogen (secondary N) is 1. The van der Waals surface area contributed by atoms with Crippen LogP contribution < -0.4 is 19.5 Å². The van der Waals surface area contributed by atoms with Gasteiger partial charge in [0.15, 0.2) is 11.5 Å². The van der Waals surface area contributed by atoms with Crippen molar-refractivity contribution in [3.05, 3.63) is 83.7 Å². The predicted molar refractivity (Wildman–Crippen MR) is 132 cm³/mol. The van der Waals surface area contributed by atoms with Crippen LogP contribution in [0.3, 0.4) is 0 Å². The van der Waals surface area contributed by atoms with Gasteiger partial charge in [-0.05, 0) is 42.7 Å². The van der Waals surface area contributed by atoms with Crippen LogP contribution in [-0.2, 0) is 19.5 Å². The maximum absolute atomic E-state index is 13.0. The van der Waals surface area contributed by atoms with Gasteiger partial charge in [0.05, 0.1) is 38.9 Å². The Morgan fingerprint density at radius 3 is 2.26 bits per heavy atom. The van der Waals surface area contributed by atoms with Gasteiger partial charge in [-0.2, -0.15) is 0 Å². The first-order chi connectivity index (χ1) is 16.6. The van der Waals surface area contributed by atoms with Gasteiger partial charge in [-0.1, -0.05) is 42.5 Å². The zero-order valence-corrected chi connectivity index (χ0v) is 19.7. The molecule has 176 valence electrons. The molecule has 1 heterocycles. The number of methoxy groups -OCH3 is 3. The fourth-order valence-electron chi connectivity index (χ4n) is 4.07. The van der Waals surface area contributed by atoms with E-state index in [0.717, 1.165) is 36.2 Å². The zero-order valence-electron chi connectivity index (χ0n) is 19.7. The Labute approximate surface area is 199 Å². The van der Waals surface area contributed by atoms with Crippen molar-refractivity contribution in [2.75, 3.05) is 21.3 Å². The highest BCUT2D eigenvalue weighted by Gasteiger charge is 2.18. The number of imidazole rings is 1. The summed E-state index contributed by atoms with van der Waals surface area (Å²) >= 11 is 0. The quantitative estimate of drug-likeness (QED) is 0.374. The van der Waals surface area contributed by atoms with Crippen LogP contribution in [0, 0.1) is 0 Å². The lowest BCUT2D eigenvalue weighted by Crippen LogP contribution is -2.25. The molecule has 0 aliphatic carbocycles. The van der Waals surface area contributed by atoms with Gasteiger partial charge in [-0.15, -0.1) is 0 Å². The number of rotatable bonds is 10. The number of para-hydroxylation sites is 2. The molecule has 4 aromatic rings. The molecule has 1 aromatic heterocycles. The number of benzene rings is 3. The zero-order chi connectivity index (χ0) is 23.9. The van der Waals surface area contributed by atoms with Crippen LogP contribution in [0.4, 0.5) is 0 Å². The smallest absolute Gasteiger partial charge is 0.251 e. The number of nitrogens with zero attached hydrogens (tertiary/aromatic N) is 2. The summed E-state index contributed by atoms with van der Waals surface area (Å²) in [6, 6.07) is 21.8. The van der Waals surface area contributed by atoms with E-state index in [0.29, 0.717) is 29.4 Å². The number of hydrogen-bond acceptors (Lipinski definition) is 5. The summed E-state index contributed by atoms with van der Waals surface area (Å²) in [6.07, 6.45) is 1.95. The lowest BCUT2D eigenvalue weighted by molar-refractivity contribution is 0.0948. The Hall–Kier alpha value is -4.00. The maximum Gasteiger partial charge on any atom is 0.251 e. The highest BCUT2D eigenvalue weighted by molar-refractivity contribution is 5.95. The third-order valence-corrected chi connectivity index (χ3v) is 5.76. The minimum Gasteiger partial charge on any atom is -0.493 e. The van der Waals surface area contributed by atoms with Crippen LogP contribution in [-0.4, -0.2) is 36.8 Å². The molecule has 0 spiro atoms. The summed E-state index contributed by atoms with van der Waals surface area (Å²) in [5.41, 5.74) is 3.71. The molecule has 0 radical (unpaired) electrons. The van der Waals surface area contributed by atoms with Gasteiger partial charge >= 0.3 is 0 Å². The molecule has 3 aromatic carbocycles. The monoisotopic (exact) mass is 459 g/mol. The number of ether oxygens (including phenoxy) is 3. The number of amides is 1. The molecule has 0 saturated heterocycles. The van der Waals surface area contributed by atoms with Crippen molar-refractivity contribution in [2.24, 2.45) is 0 Å². The molecule has 4 rings (SSSR count). The topological polar surface area (TPSA) is 74.6 Å². The molecule has 0 saturated carbocycles. The summed E-state index contributed by atoms with van der Waals surface area (Å²) in [6.45, 7) is 1.11. The van der Waals surface area contributed by atoms with Gasteiger partial charge in [0.1, 0.15) is 5.82 Å². The average Bonchev–Trinajstić information content (AvgIpc) is 3.24. The highest BCUT2D eigenvalue weighted by atomic mass is 16.5. The SMILES string of the molecule is COc1cc(C(=O)NCc2nc3ccccc3n2CCCc2ccccc2)cc(OC)c1OC. The van der Waals surface area contributed by atoms with Crippen molar-refractivity contribution < 1.29 is 19.0 Å². The van der Waals surface area contributed by atoms with Gasteiger partial charge in [0.25, 0.3) is 5.91 Å². The van der Waals surface area contributed by atoms with Crippen LogP contribution in [0.25, 0.3) is 11.0 Å². The average molecular weight is 460 g/mol. The molecule has 7 heteroatoms. The van der Waals surface area contributed by atoms with Crippen molar-refractivity contribution in [1.82, 2.24) is 14.9 Å². The van der Waals surface area contributed by atoms with Crippen LogP contribution in [0.2, 0.25) is 0 Å². The Bertz CT molecular complexity index is 1240. The van der Waals surface area contributed by atoms with E-state index in [4.69, 9.17) is 19.2 Å². The summed E-state index contributed by atoms with van der Waals surface area (Å²) < 4.78 is 18.3.